The minimum Gasteiger partial charge on any atom is -0.361 e. The van der Waals surface area contributed by atoms with Crippen LogP contribution in [0.15, 0.2) is 35.1 Å². The van der Waals surface area contributed by atoms with Gasteiger partial charge in [-0.05, 0) is 49.9 Å². The van der Waals surface area contributed by atoms with E-state index in [4.69, 9.17) is 9.73 Å². The molecule has 0 amide bonds. The van der Waals surface area contributed by atoms with Gasteiger partial charge < -0.3 is 9.64 Å². The lowest BCUT2D eigenvalue weighted by Crippen LogP contribution is -2.36. The Balaban J connectivity index is 1.24. The first kappa shape index (κ1) is 24.5. The molecule has 1 saturated heterocycles. The number of carbonyl (C=O) groups excluding carboxylic acids is 1. The van der Waals surface area contributed by atoms with Crippen LogP contribution >= 0.6 is 11.3 Å². The normalized spacial score (nSPS) is 25.0. The molecule has 6 nitrogen and oxygen atoms in total. The number of hydrogen-bond donors (Lipinski definition) is 0. The third-order valence-corrected chi connectivity index (χ3v) is 9.20. The fraction of sp³-hybridized carbons (Fsp3) is 0.640. The van der Waals surface area contributed by atoms with E-state index in [0.717, 1.165) is 37.7 Å². The molecule has 4 rings (SSSR count). The number of aromatic nitrogens is 1. The highest BCUT2D eigenvalue weighted by atomic mass is 32.1. The van der Waals surface area contributed by atoms with E-state index in [1.807, 2.05) is 6.20 Å². The molecule has 0 bridgehead atoms. The molecule has 0 saturated carbocycles. The third kappa shape index (κ3) is 7.18. The van der Waals surface area contributed by atoms with Gasteiger partial charge in [-0.2, -0.15) is 0 Å². The third-order valence-electron chi connectivity index (χ3n) is 6.52. The number of ketones is 1. The smallest absolute Gasteiger partial charge is 0.136 e. The van der Waals surface area contributed by atoms with Gasteiger partial charge in [0.1, 0.15) is 17.5 Å². The standard InChI is InChI=1S/C25H38N4O2SSi/c1-19(30)11-25-27-15-22(32-25)17-28-7-5-20(16-28)12-21-13-24-23(26-14-21)6-8-29(24)18-31-9-10-33(2,3)4/h6,8,13-15,20,23-24H,5,7,9-12,16-18H2,1-4H3. The van der Waals surface area contributed by atoms with Gasteiger partial charge in [-0.1, -0.05) is 25.7 Å². The topological polar surface area (TPSA) is 58.0 Å². The van der Waals surface area contributed by atoms with E-state index in [2.05, 4.69) is 59.0 Å². The van der Waals surface area contributed by atoms with Gasteiger partial charge in [-0.3, -0.25) is 14.7 Å². The van der Waals surface area contributed by atoms with Crippen LogP contribution in [0.2, 0.25) is 25.7 Å². The van der Waals surface area contributed by atoms with E-state index >= 15 is 0 Å². The average molecular weight is 487 g/mol. The zero-order valence-electron chi connectivity index (χ0n) is 20.5. The number of rotatable bonds is 11. The molecule has 3 unspecified atom stereocenters. The number of dihydropyridines is 1. The zero-order valence-corrected chi connectivity index (χ0v) is 22.3. The van der Waals surface area contributed by atoms with Crippen LogP contribution in [-0.4, -0.2) is 73.4 Å². The van der Waals surface area contributed by atoms with Crippen LogP contribution in [-0.2, 0) is 22.5 Å². The number of carbonyl (C=O) groups is 1. The molecule has 0 N–H and O–H groups in total. The highest BCUT2D eigenvalue weighted by Gasteiger charge is 2.31. The fourth-order valence-corrected chi connectivity index (χ4v) is 6.47. The molecule has 8 heteroatoms. The summed E-state index contributed by atoms with van der Waals surface area (Å²) in [6.07, 6.45) is 13.6. The van der Waals surface area contributed by atoms with Crippen molar-refractivity contribution < 1.29 is 9.53 Å². The Labute approximate surface area is 203 Å². The van der Waals surface area contributed by atoms with Gasteiger partial charge in [0.25, 0.3) is 0 Å². The number of hydrogen-bond acceptors (Lipinski definition) is 7. The van der Waals surface area contributed by atoms with Crippen LogP contribution in [0.1, 0.15) is 29.7 Å². The molecule has 4 heterocycles. The highest BCUT2D eigenvalue weighted by Crippen LogP contribution is 2.29. The van der Waals surface area contributed by atoms with Crippen LogP contribution < -0.4 is 0 Å². The SMILES string of the molecule is CC(=O)Cc1ncc(CN2CCC(CC3=CC4C(C=CN4COCC[Si](C)(C)C)N=C3)C2)s1. The number of likely N-dealkylation sites (tertiary alicyclic amines) is 1. The number of Topliss-reactive ketones (excluding diaryl/α,β-unsaturated/α-hetero) is 1. The molecule has 1 aromatic rings. The van der Waals surface area contributed by atoms with Crippen molar-refractivity contribution in [1.82, 2.24) is 14.8 Å². The van der Waals surface area contributed by atoms with Crippen LogP contribution in [0.3, 0.4) is 0 Å². The lowest BCUT2D eigenvalue weighted by molar-refractivity contribution is -0.116. The van der Waals surface area contributed by atoms with E-state index in [0.29, 0.717) is 25.1 Å². The number of thiazole rings is 1. The molecular weight excluding hydrogens is 448 g/mol. The minimum atomic E-state index is -1.05. The molecule has 0 spiro atoms. The van der Waals surface area contributed by atoms with Crippen LogP contribution in [0.25, 0.3) is 0 Å². The van der Waals surface area contributed by atoms with Crippen molar-refractivity contribution in [2.45, 2.75) is 70.5 Å². The van der Waals surface area contributed by atoms with Crippen molar-refractivity contribution in [2.75, 3.05) is 26.4 Å². The van der Waals surface area contributed by atoms with Gasteiger partial charge in [-0.15, -0.1) is 11.3 Å². The predicted octanol–water partition coefficient (Wildman–Crippen LogP) is 4.38. The highest BCUT2D eigenvalue weighted by molar-refractivity contribution is 7.11. The van der Waals surface area contributed by atoms with E-state index in [9.17, 15) is 4.79 Å². The zero-order chi connectivity index (χ0) is 23.4. The molecule has 3 atom stereocenters. The lowest BCUT2D eigenvalue weighted by Gasteiger charge is -2.29. The monoisotopic (exact) mass is 486 g/mol. The van der Waals surface area contributed by atoms with E-state index in [1.54, 1.807) is 18.3 Å². The summed E-state index contributed by atoms with van der Waals surface area (Å²) in [6.45, 7) is 13.5. The van der Waals surface area contributed by atoms with Crippen LogP contribution in [0, 0.1) is 5.92 Å². The first-order valence-corrected chi connectivity index (χ1v) is 16.7. The summed E-state index contributed by atoms with van der Waals surface area (Å²) in [4.78, 5) is 26.6. The second-order valence-electron chi connectivity index (χ2n) is 10.9. The Morgan fingerprint density at radius 2 is 2.18 bits per heavy atom. The number of ether oxygens (including phenoxy) is 1. The summed E-state index contributed by atoms with van der Waals surface area (Å²) in [6, 6.07) is 1.73. The largest absolute Gasteiger partial charge is 0.361 e. The molecule has 1 fully saturated rings. The molecule has 0 aliphatic carbocycles. The Hall–Kier alpha value is -1.61. The molecule has 0 radical (unpaired) electrons. The van der Waals surface area contributed by atoms with Gasteiger partial charge in [0, 0.05) is 51.3 Å². The number of fused-ring (bicyclic) bond motifs is 1. The summed E-state index contributed by atoms with van der Waals surface area (Å²) in [5, 5.41) is 0.936. The van der Waals surface area contributed by atoms with E-state index < -0.39 is 8.07 Å². The Morgan fingerprint density at radius 3 is 2.97 bits per heavy atom. The van der Waals surface area contributed by atoms with Crippen molar-refractivity contribution >= 4 is 31.4 Å². The maximum Gasteiger partial charge on any atom is 0.136 e. The van der Waals surface area contributed by atoms with Gasteiger partial charge in [-0.25, -0.2) is 4.98 Å². The van der Waals surface area contributed by atoms with Gasteiger partial charge >= 0.3 is 0 Å². The minimum absolute atomic E-state index is 0.177. The molecule has 3 aliphatic rings. The second kappa shape index (κ2) is 10.8. The lowest BCUT2D eigenvalue weighted by atomic mass is 9.94. The number of allylic oxidation sites excluding steroid dienone is 1. The number of nitrogens with zero attached hydrogens (tertiary/aromatic N) is 4. The number of aliphatic imine (C=N–C) groups is 1. The molecule has 180 valence electrons. The van der Waals surface area contributed by atoms with Crippen molar-refractivity contribution in [1.29, 1.82) is 0 Å². The van der Waals surface area contributed by atoms with Gasteiger partial charge in [0.15, 0.2) is 0 Å². The molecule has 0 aromatic carbocycles. The summed E-state index contributed by atoms with van der Waals surface area (Å²) in [7, 11) is -1.05. The predicted molar refractivity (Wildman–Crippen MR) is 139 cm³/mol. The first-order valence-electron chi connectivity index (χ1n) is 12.2. The van der Waals surface area contributed by atoms with Gasteiger partial charge in [0.2, 0.25) is 0 Å². The molecule has 1 aromatic heterocycles. The summed E-state index contributed by atoms with van der Waals surface area (Å²) in [5.74, 6) is 0.843. The Bertz CT molecular complexity index is 920. The van der Waals surface area contributed by atoms with Gasteiger partial charge in [0.05, 0.1) is 18.5 Å². The summed E-state index contributed by atoms with van der Waals surface area (Å²) in [5.41, 5.74) is 1.36. The fourth-order valence-electron chi connectivity index (χ4n) is 4.68. The maximum atomic E-state index is 11.3. The van der Waals surface area contributed by atoms with E-state index in [1.165, 1.54) is 22.9 Å². The maximum absolute atomic E-state index is 11.3. The Kier molecular flexibility index (Phi) is 7.99. The molecular formula is C25H38N4O2SSi. The van der Waals surface area contributed by atoms with Crippen molar-refractivity contribution in [2.24, 2.45) is 10.9 Å². The van der Waals surface area contributed by atoms with Crippen molar-refractivity contribution in [3.05, 3.63) is 40.0 Å². The second-order valence-corrected chi connectivity index (χ2v) is 17.7. The summed E-state index contributed by atoms with van der Waals surface area (Å²) >= 11 is 1.68. The molecule has 33 heavy (non-hydrogen) atoms. The Morgan fingerprint density at radius 1 is 1.33 bits per heavy atom. The van der Waals surface area contributed by atoms with E-state index in [-0.39, 0.29) is 11.8 Å². The van der Waals surface area contributed by atoms with Crippen molar-refractivity contribution in [3.63, 3.8) is 0 Å². The summed E-state index contributed by atoms with van der Waals surface area (Å²) < 4.78 is 6.00. The van der Waals surface area contributed by atoms with Crippen LogP contribution in [0.5, 0.6) is 0 Å². The quantitative estimate of drug-likeness (QED) is 0.343. The average Bonchev–Trinajstić information content (AvgIpc) is 3.45. The van der Waals surface area contributed by atoms with Crippen LogP contribution in [0.4, 0.5) is 0 Å². The molecule has 3 aliphatic heterocycles. The van der Waals surface area contributed by atoms with Crippen molar-refractivity contribution in [3.8, 4) is 0 Å². The first-order chi connectivity index (χ1) is 15.7.